The highest BCUT2D eigenvalue weighted by molar-refractivity contribution is 5.19. The predicted molar refractivity (Wildman–Crippen MR) is 52.4 cm³/mol. The van der Waals surface area contributed by atoms with Crippen LogP contribution in [0, 0.1) is 5.82 Å². The van der Waals surface area contributed by atoms with Crippen molar-refractivity contribution in [2.45, 2.75) is 18.9 Å². The Morgan fingerprint density at radius 3 is 2.93 bits per heavy atom. The second-order valence-corrected chi connectivity index (χ2v) is 3.47. The van der Waals surface area contributed by atoms with Crippen molar-refractivity contribution in [2.75, 3.05) is 6.61 Å². The summed E-state index contributed by atoms with van der Waals surface area (Å²) in [5, 5.41) is 9.90. The Kier molecular flexibility index (Phi) is 2.97. The molecule has 3 nitrogen and oxygen atoms in total. The number of hydrogen-bond acceptors (Lipinski definition) is 3. The van der Waals surface area contributed by atoms with Crippen molar-refractivity contribution in [3.05, 3.63) is 41.7 Å². The predicted octanol–water partition coefficient (Wildman–Crippen LogP) is 1.95. The lowest BCUT2D eigenvalue weighted by Gasteiger charge is -2.18. The quantitative estimate of drug-likeness (QED) is 0.809. The van der Waals surface area contributed by atoms with Gasteiger partial charge in [-0.15, -0.1) is 0 Å². The zero-order valence-electron chi connectivity index (χ0n) is 8.19. The van der Waals surface area contributed by atoms with Gasteiger partial charge in [0.25, 0.3) is 0 Å². The van der Waals surface area contributed by atoms with Gasteiger partial charge in [-0.2, -0.15) is 0 Å². The molecule has 1 atom stereocenters. The molecule has 0 saturated carbocycles. The highest BCUT2D eigenvalue weighted by Gasteiger charge is 2.17. The van der Waals surface area contributed by atoms with Crippen LogP contribution in [0.5, 0.6) is 0 Å². The molecule has 0 aliphatic carbocycles. The maximum absolute atomic E-state index is 12.6. The van der Waals surface area contributed by atoms with Gasteiger partial charge < -0.3 is 9.84 Å². The van der Waals surface area contributed by atoms with E-state index in [4.69, 9.17) is 4.74 Å². The Bertz CT molecular complexity index is 361. The van der Waals surface area contributed by atoms with Crippen molar-refractivity contribution in [1.29, 1.82) is 0 Å². The van der Waals surface area contributed by atoms with Gasteiger partial charge in [0, 0.05) is 0 Å². The van der Waals surface area contributed by atoms with Crippen LogP contribution < -0.4 is 0 Å². The van der Waals surface area contributed by atoms with Gasteiger partial charge in [-0.05, 0) is 30.5 Å². The SMILES string of the molecule is OC(C1=COCCC1)c1ccc(F)cn1. The second kappa shape index (κ2) is 4.40. The van der Waals surface area contributed by atoms with E-state index in [1.54, 1.807) is 6.26 Å². The van der Waals surface area contributed by atoms with Crippen LogP contribution >= 0.6 is 0 Å². The van der Waals surface area contributed by atoms with Crippen LogP contribution in [0.25, 0.3) is 0 Å². The summed E-state index contributed by atoms with van der Waals surface area (Å²) in [7, 11) is 0. The fourth-order valence-electron chi connectivity index (χ4n) is 1.52. The van der Waals surface area contributed by atoms with E-state index >= 15 is 0 Å². The molecule has 0 radical (unpaired) electrons. The average Bonchev–Trinajstić information content (AvgIpc) is 2.30. The number of aromatic nitrogens is 1. The zero-order chi connectivity index (χ0) is 10.7. The molecule has 1 aliphatic heterocycles. The minimum absolute atomic E-state index is 0.403. The third-order valence-electron chi connectivity index (χ3n) is 2.34. The normalized spacial score (nSPS) is 17.9. The van der Waals surface area contributed by atoms with E-state index in [0.717, 1.165) is 24.6 Å². The standard InChI is InChI=1S/C11H12FNO2/c12-9-3-4-10(13-6-9)11(14)8-2-1-5-15-7-8/h3-4,6-7,11,14H,1-2,5H2. The smallest absolute Gasteiger partial charge is 0.141 e. The first-order valence-electron chi connectivity index (χ1n) is 4.87. The Balaban J connectivity index is 2.16. The lowest BCUT2D eigenvalue weighted by Crippen LogP contribution is -2.09. The number of nitrogens with zero attached hydrogens (tertiary/aromatic N) is 1. The van der Waals surface area contributed by atoms with E-state index < -0.39 is 11.9 Å². The summed E-state index contributed by atoms with van der Waals surface area (Å²) in [5.74, 6) is -0.403. The first-order valence-corrected chi connectivity index (χ1v) is 4.87. The van der Waals surface area contributed by atoms with Crippen LogP contribution in [0.15, 0.2) is 30.2 Å². The molecule has 1 N–H and O–H groups in total. The van der Waals surface area contributed by atoms with Crippen LogP contribution in [0.1, 0.15) is 24.6 Å². The van der Waals surface area contributed by atoms with E-state index in [-0.39, 0.29) is 0 Å². The summed E-state index contributed by atoms with van der Waals surface area (Å²) in [6, 6.07) is 2.77. The van der Waals surface area contributed by atoms with E-state index in [2.05, 4.69) is 4.98 Å². The minimum Gasteiger partial charge on any atom is -0.501 e. The summed E-state index contributed by atoms with van der Waals surface area (Å²) in [4.78, 5) is 3.83. The summed E-state index contributed by atoms with van der Waals surface area (Å²) >= 11 is 0. The summed E-state index contributed by atoms with van der Waals surface area (Å²) in [5.41, 5.74) is 1.24. The first-order chi connectivity index (χ1) is 7.27. The van der Waals surface area contributed by atoms with E-state index in [1.807, 2.05) is 0 Å². The Labute approximate surface area is 87.2 Å². The van der Waals surface area contributed by atoms with E-state index in [1.165, 1.54) is 12.1 Å². The fourth-order valence-corrected chi connectivity index (χ4v) is 1.52. The van der Waals surface area contributed by atoms with Gasteiger partial charge in [-0.25, -0.2) is 4.39 Å². The van der Waals surface area contributed by atoms with Crippen LogP contribution in [0.3, 0.4) is 0 Å². The van der Waals surface area contributed by atoms with Gasteiger partial charge in [0.15, 0.2) is 0 Å². The van der Waals surface area contributed by atoms with Gasteiger partial charge >= 0.3 is 0 Å². The molecule has 1 aromatic rings. The second-order valence-electron chi connectivity index (χ2n) is 3.47. The number of halogens is 1. The van der Waals surface area contributed by atoms with Crippen molar-refractivity contribution in [1.82, 2.24) is 4.98 Å². The van der Waals surface area contributed by atoms with Crippen molar-refractivity contribution >= 4 is 0 Å². The fraction of sp³-hybridized carbons (Fsp3) is 0.364. The zero-order valence-corrected chi connectivity index (χ0v) is 8.19. The van der Waals surface area contributed by atoms with Gasteiger partial charge in [0.1, 0.15) is 11.9 Å². The summed E-state index contributed by atoms with van der Waals surface area (Å²) in [6.07, 6.45) is 3.57. The lowest BCUT2D eigenvalue weighted by molar-refractivity contribution is 0.167. The molecule has 2 heterocycles. The molecule has 0 aromatic carbocycles. The third kappa shape index (κ3) is 2.33. The molecule has 0 fully saturated rings. The molecule has 0 bridgehead atoms. The molecule has 1 unspecified atom stereocenters. The molecular formula is C11H12FNO2. The Morgan fingerprint density at radius 2 is 2.33 bits per heavy atom. The average molecular weight is 209 g/mol. The van der Waals surface area contributed by atoms with Crippen molar-refractivity contribution in [2.24, 2.45) is 0 Å². The monoisotopic (exact) mass is 209 g/mol. The number of hydrogen-bond donors (Lipinski definition) is 1. The highest BCUT2D eigenvalue weighted by Crippen LogP contribution is 2.25. The molecule has 2 rings (SSSR count). The number of rotatable bonds is 2. The topological polar surface area (TPSA) is 42.4 Å². The van der Waals surface area contributed by atoms with Crippen LogP contribution in [0.4, 0.5) is 4.39 Å². The van der Waals surface area contributed by atoms with Crippen LogP contribution in [-0.4, -0.2) is 16.7 Å². The minimum atomic E-state index is -0.786. The van der Waals surface area contributed by atoms with Gasteiger partial charge in [0.2, 0.25) is 0 Å². The largest absolute Gasteiger partial charge is 0.501 e. The Morgan fingerprint density at radius 1 is 1.47 bits per heavy atom. The molecule has 80 valence electrons. The maximum atomic E-state index is 12.6. The molecule has 1 aromatic heterocycles. The maximum Gasteiger partial charge on any atom is 0.141 e. The third-order valence-corrected chi connectivity index (χ3v) is 2.34. The van der Waals surface area contributed by atoms with Crippen LogP contribution in [0.2, 0.25) is 0 Å². The van der Waals surface area contributed by atoms with Gasteiger partial charge in [-0.3, -0.25) is 4.98 Å². The van der Waals surface area contributed by atoms with Gasteiger partial charge in [0.05, 0.1) is 24.8 Å². The van der Waals surface area contributed by atoms with Crippen molar-refractivity contribution in [3.63, 3.8) is 0 Å². The Hall–Kier alpha value is -1.42. The van der Waals surface area contributed by atoms with Crippen molar-refractivity contribution in [3.8, 4) is 0 Å². The van der Waals surface area contributed by atoms with E-state index in [9.17, 15) is 9.50 Å². The summed E-state index contributed by atoms with van der Waals surface area (Å²) < 4.78 is 17.7. The molecular weight excluding hydrogens is 197 g/mol. The number of aliphatic hydroxyl groups is 1. The number of ether oxygens (including phenoxy) is 1. The van der Waals surface area contributed by atoms with Crippen LogP contribution in [-0.2, 0) is 4.74 Å². The molecule has 0 spiro atoms. The molecule has 0 saturated heterocycles. The molecule has 1 aliphatic rings. The number of pyridine rings is 1. The summed E-state index contributed by atoms with van der Waals surface area (Å²) in [6.45, 7) is 0.688. The highest BCUT2D eigenvalue weighted by atomic mass is 19.1. The lowest BCUT2D eigenvalue weighted by atomic mass is 10.0. The van der Waals surface area contributed by atoms with Crippen molar-refractivity contribution < 1.29 is 14.2 Å². The van der Waals surface area contributed by atoms with Gasteiger partial charge in [-0.1, -0.05) is 0 Å². The number of aliphatic hydroxyl groups excluding tert-OH is 1. The molecule has 15 heavy (non-hydrogen) atoms. The molecule has 0 amide bonds. The van der Waals surface area contributed by atoms with E-state index in [0.29, 0.717) is 12.3 Å². The molecule has 4 heteroatoms. The first kappa shape index (κ1) is 10.1.